The van der Waals surface area contributed by atoms with Gasteiger partial charge in [-0.3, -0.25) is 19.7 Å². The highest BCUT2D eigenvalue weighted by molar-refractivity contribution is 7.17. The molecule has 0 bridgehead atoms. The van der Waals surface area contributed by atoms with Crippen LogP contribution in [0.2, 0.25) is 0 Å². The number of thiophene rings is 1. The van der Waals surface area contributed by atoms with Gasteiger partial charge in [0.15, 0.2) is 0 Å². The van der Waals surface area contributed by atoms with Crippen molar-refractivity contribution in [3.05, 3.63) is 62.5 Å². The average molecular weight is 345 g/mol. The number of benzene rings is 1. The molecule has 1 aliphatic heterocycles. The SMILES string of the molecule is Cc1ccccc1C1C(=O)NCCN1C(=O)c1ccc([N+](=O)[O-])s1. The molecule has 1 N–H and O–H groups in total. The first-order chi connectivity index (χ1) is 11.5. The molecule has 2 heterocycles. The van der Waals surface area contributed by atoms with E-state index in [9.17, 15) is 19.7 Å². The van der Waals surface area contributed by atoms with Crippen LogP contribution in [0.25, 0.3) is 0 Å². The maximum Gasteiger partial charge on any atom is 0.324 e. The summed E-state index contributed by atoms with van der Waals surface area (Å²) < 4.78 is 0. The monoisotopic (exact) mass is 345 g/mol. The van der Waals surface area contributed by atoms with Crippen LogP contribution in [0.15, 0.2) is 36.4 Å². The lowest BCUT2D eigenvalue weighted by atomic mass is 9.97. The van der Waals surface area contributed by atoms with E-state index >= 15 is 0 Å². The van der Waals surface area contributed by atoms with E-state index in [2.05, 4.69) is 5.32 Å². The fourth-order valence-electron chi connectivity index (χ4n) is 2.77. The first-order valence-electron chi connectivity index (χ1n) is 7.37. The molecule has 1 fully saturated rings. The summed E-state index contributed by atoms with van der Waals surface area (Å²) in [5.74, 6) is -0.605. The number of aryl methyl sites for hydroxylation is 1. The lowest BCUT2D eigenvalue weighted by Crippen LogP contribution is -2.52. The van der Waals surface area contributed by atoms with Crippen LogP contribution in [0.1, 0.15) is 26.8 Å². The van der Waals surface area contributed by atoms with Crippen molar-refractivity contribution in [2.45, 2.75) is 13.0 Å². The molecule has 2 aromatic rings. The Balaban J connectivity index is 1.97. The number of carbonyl (C=O) groups excluding carboxylic acids is 2. The van der Waals surface area contributed by atoms with Crippen molar-refractivity contribution in [1.29, 1.82) is 0 Å². The molecule has 3 rings (SSSR count). The minimum absolute atomic E-state index is 0.0905. The first-order valence-corrected chi connectivity index (χ1v) is 8.19. The van der Waals surface area contributed by atoms with E-state index in [0.717, 1.165) is 22.5 Å². The molecule has 124 valence electrons. The number of hydrogen-bond acceptors (Lipinski definition) is 5. The highest BCUT2D eigenvalue weighted by atomic mass is 32.1. The standard InChI is InChI=1S/C16H15N3O4S/c1-10-4-2-3-5-11(10)14-15(20)17-8-9-18(14)16(21)12-6-7-13(24-12)19(22)23/h2-7,14H,8-9H2,1H3,(H,17,20). The third-order valence-electron chi connectivity index (χ3n) is 3.94. The van der Waals surface area contributed by atoms with Gasteiger partial charge in [-0.2, -0.15) is 0 Å². The third kappa shape index (κ3) is 2.88. The van der Waals surface area contributed by atoms with Gasteiger partial charge >= 0.3 is 5.00 Å². The van der Waals surface area contributed by atoms with Crippen LogP contribution in [0.4, 0.5) is 5.00 Å². The fraction of sp³-hybridized carbons (Fsp3) is 0.250. The zero-order valence-corrected chi connectivity index (χ0v) is 13.7. The van der Waals surface area contributed by atoms with Gasteiger partial charge in [-0.1, -0.05) is 35.6 Å². The van der Waals surface area contributed by atoms with Crippen molar-refractivity contribution < 1.29 is 14.5 Å². The van der Waals surface area contributed by atoms with Gasteiger partial charge in [0.1, 0.15) is 6.04 Å². The number of rotatable bonds is 3. The molecular formula is C16H15N3O4S. The predicted molar refractivity (Wildman–Crippen MR) is 88.9 cm³/mol. The van der Waals surface area contributed by atoms with Gasteiger partial charge in [0.2, 0.25) is 5.91 Å². The second kappa shape index (κ2) is 6.40. The summed E-state index contributed by atoms with van der Waals surface area (Å²) >= 11 is 0.823. The summed E-state index contributed by atoms with van der Waals surface area (Å²) in [5.41, 5.74) is 1.67. The molecule has 2 amide bonds. The Morgan fingerprint density at radius 1 is 1.33 bits per heavy atom. The smallest absolute Gasteiger partial charge is 0.324 e. The predicted octanol–water partition coefficient (Wildman–Crippen LogP) is 2.28. The van der Waals surface area contributed by atoms with Crippen LogP contribution < -0.4 is 5.32 Å². The summed E-state index contributed by atoms with van der Waals surface area (Å²) in [7, 11) is 0. The average Bonchev–Trinajstić information content (AvgIpc) is 3.05. The van der Waals surface area contributed by atoms with Crippen molar-refractivity contribution in [3.8, 4) is 0 Å². The lowest BCUT2D eigenvalue weighted by Gasteiger charge is -2.35. The second-order valence-electron chi connectivity index (χ2n) is 5.44. The van der Waals surface area contributed by atoms with E-state index in [1.807, 2.05) is 31.2 Å². The highest BCUT2D eigenvalue weighted by Crippen LogP contribution is 2.31. The summed E-state index contributed by atoms with van der Waals surface area (Å²) in [6.45, 7) is 2.60. The second-order valence-corrected chi connectivity index (χ2v) is 6.51. The quantitative estimate of drug-likeness (QED) is 0.682. The molecule has 8 heteroatoms. The Labute approximate surface area is 142 Å². The van der Waals surface area contributed by atoms with Gasteiger partial charge in [0.05, 0.1) is 9.80 Å². The van der Waals surface area contributed by atoms with Crippen LogP contribution in [0.3, 0.4) is 0 Å². The molecular weight excluding hydrogens is 330 g/mol. The number of nitrogens with one attached hydrogen (secondary N) is 1. The molecule has 1 saturated heterocycles. The number of nitrogens with zero attached hydrogens (tertiary/aromatic N) is 2. The van der Waals surface area contributed by atoms with E-state index in [-0.39, 0.29) is 21.7 Å². The lowest BCUT2D eigenvalue weighted by molar-refractivity contribution is -0.380. The van der Waals surface area contributed by atoms with Gasteiger partial charge in [0, 0.05) is 19.2 Å². The van der Waals surface area contributed by atoms with E-state index in [1.54, 1.807) is 0 Å². The van der Waals surface area contributed by atoms with E-state index in [4.69, 9.17) is 0 Å². The minimum Gasteiger partial charge on any atom is -0.352 e. The van der Waals surface area contributed by atoms with Gasteiger partial charge < -0.3 is 10.2 Å². The van der Waals surface area contributed by atoms with E-state index in [0.29, 0.717) is 13.1 Å². The van der Waals surface area contributed by atoms with Crippen LogP contribution in [0.5, 0.6) is 0 Å². The summed E-state index contributed by atoms with van der Waals surface area (Å²) in [4.78, 5) is 37.2. The normalized spacial score (nSPS) is 17.5. The maximum absolute atomic E-state index is 12.8. The zero-order chi connectivity index (χ0) is 17.3. The Kier molecular flexibility index (Phi) is 4.30. The Hall–Kier alpha value is -2.74. The summed E-state index contributed by atoms with van der Waals surface area (Å²) in [6.07, 6.45) is 0. The van der Waals surface area contributed by atoms with Crippen LogP contribution >= 0.6 is 11.3 Å². The minimum atomic E-state index is -0.728. The largest absolute Gasteiger partial charge is 0.352 e. The molecule has 0 saturated carbocycles. The van der Waals surface area contributed by atoms with Crippen molar-refractivity contribution in [1.82, 2.24) is 10.2 Å². The van der Waals surface area contributed by atoms with E-state index in [1.165, 1.54) is 17.0 Å². The van der Waals surface area contributed by atoms with Crippen LogP contribution in [-0.2, 0) is 4.79 Å². The highest BCUT2D eigenvalue weighted by Gasteiger charge is 2.36. The maximum atomic E-state index is 12.8. The van der Waals surface area contributed by atoms with Crippen LogP contribution in [0, 0.1) is 17.0 Å². The molecule has 7 nitrogen and oxygen atoms in total. The van der Waals surface area contributed by atoms with Gasteiger partial charge in [-0.25, -0.2) is 0 Å². The van der Waals surface area contributed by atoms with Gasteiger partial charge in [-0.05, 0) is 24.1 Å². The number of carbonyl (C=O) groups is 2. The Morgan fingerprint density at radius 2 is 2.08 bits per heavy atom. The first kappa shape index (κ1) is 16.1. The molecule has 1 aromatic carbocycles. The molecule has 0 radical (unpaired) electrons. The topological polar surface area (TPSA) is 92.6 Å². The Morgan fingerprint density at radius 3 is 2.75 bits per heavy atom. The molecule has 1 atom stereocenters. The van der Waals surface area contributed by atoms with Gasteiger partial charge in [0.25, 0.3) is 5.91 Å². The van der Waals surface area contributed by atoms with Gasteiger partial charge in [-0.15, -0.1) is 0 Å². The summed E-state index contributed by atoms with van der Waals surface area (Å²) in [5, 5.41) is 13.5. The molecule has 1 unspecified atom stereocenters. The summed E-state index contributed by atoms with van der Waals surface area (Å²) in [6, 6.07) is 9.42. The number of nitro groups is 1. The molecule has 1 aliphatic rings. The number of hydrogen-bond donors (Lipinski definition) is 1. The van der Waals surface area contributed by atoms with Crippen molar-refractivity contribution in [2.24, 2.45) is 0 Å². The number of amides is 2. The van der Waals surface area contributed by atoms with Crippen molar-refractivity contribution in [3.63, 3.8) is 0 Å². The zero-order valence-electron chi connectivity index (χ0n) is 12.9. The van der Waals surface area contributed by atoms with Crippen molar-refractivity contribution >= 4 is 28.2 Å². The Bertz CT molecular complexity index is 817. The third-order valence-corrected chi connectivity index (χ3v) is 4.96. The van der Waals surface area contributed by atoms with Crippen molar-refractivity contribution in [2.75, 3.05) is 13.1 Å². The number of piperazine rings is 1. The molecule has 0 spiro atoms. The molecule has 0 aliphatic carbocycles. The van der Waals surface area contributed by atoms with E-state index < -0.39 is 11.0 Å². The van der Waals surface area contributed by atoms with Crippen LogP contribution in [-0.4, -0.2) is 34.7 Å². The fourth-order valence-corrected chi connectivity index (χ4v) is 3.55. The molecule has 24 heavy (non-hydrogen) atoms. The molecule has 1 aromatic heterocycles.